The van der Waals surface area contributed by atoms with Crippen LogP contribution >= 0.6 is 15.9 Å². The number of hydrogen-bond acceptors (Lipinski definition) is 4. The van der Waals surface area contributed by atoms with Gasteiger partial charge in [-0.15, -0.1) is 0 Å². The van der Waals surface area contributed by atoms with Gasteiger partial charge in [-0.3, -0.25) is 19.4 Å². The predicted octanol–water partition coefficient (Wildman–Crippen LogP) is 6.12. The predicted molar refractivity (Wildman–Crippen MR) is 151 cm³/mol. The van der Waals surface area contributed by atoms with Crippen molar-refractivity contribution in [1.82, 2.24) is 10.2 Å². The Morgan fingerprint density at radius 2 is 1.79 bits per heavy atom. The summed E-state index contributed by atoms with van der Waals surface area (Å²) in [5.74, 6) is -0.820. The zero-order chi connectivity index (χ0) is 27.3. The molecule has 2 aromatic rings. The standard InChI is InChI=1S/C30H36BrN3O4/c1-20(2)9-14-25(21-10-12-22(13-11-21)28(37)32-18-15-26(35)36)34-29(38)27(23-7-6-8-24(31)19-23)33-30(34)16-4-3-5-17-30/h6-8,10-13,19-20,25H,3-5,9,14-18H2,1-2H3,(H,32,37)(H,35,36). The molecule has 1 spiro atoms. The molecule has 2 N–H and O–H groups in total. The van der Waals surface area contributed by atoms with E-state index in [1.165, 1.54) is 0 Å². The van der Waals surface area contributed by atoms with Crippen LogP contribution in [-0.4, -0.2) is 45.7 Å². The van der Waals surface area contributed by atoms with E-state index in [-0.39, 0.29) is 30.8 Å². The van der Waals surface area contributed by atoms with E-state index in [1.54, 1.807) is 12.1 Å². The van der Waals surface area contributed by atoms with Gasteiger partial charge in [0.25, 0.3) is 11.8 Å². The van der Waals surface area contributed by atoms with Gasteiger partial charge in [0.05, 0.1) is 12.5 Å². The quantitative estimate of drug-likeness (QED) is 0.353. The van der Waals surface area contributed by atoms with Gasteiger partial charge in [-0.25, -0.2) is 0 Å². The molecule has 8 heteroatoms. The third-order valence-corrected chi connectivity index (χ3v) is 7.95. The van der Waals surface area contributed by atoms with Crippen LogP contribution in [0.5, 0.6) is 0 Å². The Morgan fingerprint density at radius 1 is 1.08 bits per heavy atom. The molecule has 1 unspecified atom stereocenters. The first-order chi connectivity index (χ1) is 18.2. The van der Waals surface area contributed by atoms with E-state index in [0.29, 0.717) is 17.2 Å². The van der Waals surface area contributed by atoms with Gasteiger partial charge in [-0.05, 0) is 74.3 Å². The Morgan fingerprint density at radius 3 is 2.42 bits per heavy atom. The molecule has 38 heavy (non-hydrogen) atoms. The van der Waals surface area contributed by atoms with Crippen molar-refractivity contribution in [3.8, 4) is 0 Å². The van der Waals surface area contributed by atoms with Gasteiger partial charge in [0.15, 0.2) is 0 Å². The number of nitrogens with one attached hydrogen (secondary N) is 1. The van der Waals surface area contributed by atoms with Crippen LogP contribution in [0.4, 0.5) is 0 Å². The number of aliphatic imine (C=N–C) groups is 1. The monoisotopic (exact) mass is 581 g/mol. The largest absolute Gasteiger partial charge is 0.481 e. The van der Waals surface area contributed by atoms with E-state index >= 15 is 0 Å². The number of carbonyl (C=O) groups excluding carboxylic acids is 2. The fourth-order valence-corrected chi connectivity index (χ4v) is 5.92. The van der Waals surface area contributed by atoms with Gasteiger partial charge < -0.3 is 15.3 Å². The molecule has 0 radical (unpaired) electrons. The second-order valence-corrected chi connectivity index (χ2v) is 11.6. The van der Waals surface area contributed by atoms with Crippen LogP contribution in [0.25, 0.3) is 0 Å². The van der Waals surface area contributed by atoms with Crippen molar-refractivity contribution in [2.75, 3.05) is 6.54 Å². The number of aliphatic carboxylic acids is 1. The Hall–Kier alpha value is -3.00. The molecule has 1 fully saturated rings. The van der Waals surface area contributed by atoms with Crippen molar-refractivity contribution in [3.05, 3.63) is 69.7 Å². The maximum absolute atomic E-state index is 14.2. The van der Waals surface area contributed by atoms with Crippen LogP contribution in [0.1, 0.15) is 92.7 Å². The summed E-state index contributed by atoms with van der Waals surface area (Å²) in [5, 5.41) is 11.5. The Kier molecular flexibility index (Phi) is 9.03. The molecule has 0 aromatic heterocycles. The minimum absolute atomic E-state index is 0.0331. The van der Waals surface area contributed by atoms with Gasteiger partial charge in [0.2, 0.25) is 0 Å². The Labute approximate surface area is 232 Å². The van der Waals surface area contributed by atoms with Crippen molar-refractivity contribution in [2.24, 2.45) is 10.9 Å². The summed E-state index contributed by atoms with van der Waals surface area (Å²) < 4.78 is 0.912. The number of amides is 2. The summed E-state index contributed by atoms with van der Waals surface area (Å²) in [7, 11) is 0. The molecule has 1 aliphatic heterocycles. The number of hydrogen-bond donors (Lipinski definition) is 2. The van der Waals surface area contributed by atoms with Crippen molar-refractivity contribution in [2.45, 2.75) is 76.9 Å². The lowest BCUT2D eigenvalue weighted by molar-refractivity contribution is -0.137. The molecular formula is C30H36BrN3O4. The summed E-state index contributed by atoms with van der Waals surface area (Å²) in [5.41, 5.74) is 2.25. The summed E-state index contributed by atoms with van der Waals surface area (Å²) >= 11 is 3.54. The number of benzene rings is 2. The average Bonchev–Trinajstić information content (AvgIpc) is 3.16. The molecule has 0 saturated heterocycles. The van der Waals surface area contributed by atoms with Crippen LogP contribution < -0.4 is 5.32 Å². The molecule has 0 bridgehead atoms. The first kappa shape index (κ1) is 28.0. The minimum atomic E-state index is -0.954. The topological polar surface area (TPSA) is 99.1 Å². The van der Waals surface area contributed by atoms with Crippen LogP contribution in [0.15, 0.2) is 58.0 Å². The number of nitrogens with zero attached hydrogens (tertiary/aromatic N) is 2. The van der Waals surface area contributed by atoms with Crippen molar-refractivity contribution >= 4 is 39.4 Å². The smallest absolute Gasteiger partial charge is 0.305 e. The average molecular weight is 583 g/mol. The highest BCUT2D eigenvalue weighted by Gasteiger charge is 2.50. The SMILES string of the molecule is CC(C)CCC(c1ccc(C(=O)NCCC(=O)O)cc1)N1C(=O)C(c2cccc(Br)c2)=NC12CCCCC2. The first-order valence-electron chi connectivity index (χ1n) is 13.5. The summed E-state index contributed by atoms with van der Waals surface area (Å²) in [6.45, 7) is 4.45. The van der Waals surface area contributed by atoms with E-state index < -0.39 is 11.6 Å². The number of carboxylic acid groups (broad SMARTS) is 1. The molecule has 1 aliphatic carbocycles. The summed E-state index contributed by atoms with van der Waals surface area (Å²) in [6.07, 6.45) is 6.53. The van der Waals surface area contributed by atoms with Gasteiger partial charge in [0, 0.05) is 22.1 Å². The number of halogens is 1. The molecule has 4 rings (SSSR count). The fraction of sp³-hybridized carbons (Fsp3) is 0.467. The molecule has 1 saturated carbocycles. The van der Waals surface area contributed by atoms with E-state index in [2.05, 4.69) is 35.1 Å². The molecule has 2 aliphatic rings. The second-order valence-electron chi connectivity index (χ2n) is 10.7. The molecule has 1 atom stereocenters. The Bertz CT molecular complexity index is 1200. The van der Waals surface area contributed by atoms with Crippen LogP contribution in [-0.2, 0) is 9.59 Å². The Balaban J connectivity index is 1.67. The third kappa shape index (κ3) is 6.34. The maximum Gasteiger partial charge on any atom is 0.305 e. The van der Waals surface area contributed by atoms with Gasteiger partial charge in [0.1, 0.15) is 11.4 Å². The molecule has 2 aromatic carbocycles. The minimum Gasteiger partial charge on any atom is -0.481 e. The number of carbonyl (C=O) groups is 3. The molecular weight excluding hydrogens is 546 g/mol. The molecule has 1 heterocycles. The molecule has 202 valence electrons. The normalized spacial score (nSPS) is 17.5. The lowest BCUT2D eigenvalue weighted by Gasteiger charge is -2.44. The van der Waals surface area contributed by atoms with Crippen molar-refractivity contribution in [3.63, 3.8) is 0 Å². The zero-order valence-electron chi connectivity index (χ0n) is 22.1. The summed E-state index contributed by atoms with van der Waals surface area (Å²) in [4.78, 5) is 44.7. The molecule has 7 nitrogen and oxygen atoms in total. The van der Waals surface area contributed by atoms with E-state index in [1.807, 2.05) is 41.3 Å². The lowest BCUT2D eigenvalue weighted by atomic mass is 9.85. The van der Waals surface area contributed by atoms with Crippen LogP contribution in [0.3, 0.4) is 0 Å². The van der Waals surface area contributed by atoms with Gasteiger partial charge in [-0.1, -0.05) is 60.5 Å². The van der Waals surface area contributed by atoms with Gasteiger partial charge in [-0.2, -0.15) is 0 Å². The lowest BCUT2D eigenvalue weighted by Crippen LogP contribution is -2.50. The summed E-state index contributed by atoms with van der Waals surface area (Å²) in [6, 6.07) is 15.0. The highest BCUT2D eigenvalue weighted by atomic mass is 79.9. The zero-order valence-corrected chi connectivity index (χ0v) is 23.7. The van der Waals surface area contributed by atoms with E-state index in [0.717, 1.165) is 60.5 Å². The number of rotatable bonds is 10. The van der Waals surface area contributed by atoms with E-state index in [9.17, 15) is 14.4 Å². The van der Waals surface area contributed by atoms with Crippen LogP contribution in [0, 0.1) is 5.92 Å². The fourth-order valence-electron chi connectivity index (χ4n) is 5.52. The third-order valence-electron chi connectivity index (χ3n) is 7.45. The van der Waals surface area contributed by atoms with E-state index in [4.69, 9.17) is 10.1 Å². The van der Waals surface area contributed by atoms with Crippen LogP contribution in [0.2, 0.25) is 0 Å². The molecule has 2 amide bonds. The van der Waals surface area contributed by atoms with Gasteiger partial charge >= 0.3 is 5.97 Å². The maximum atomic E-state index is 14.2. The number of carboxylic acids is 1. The highest BCUT2D eigenvalue weighted by Crippen LogP contribution is 2.46. The first-order valence-corrected chi connectivity index (χ1v) is 14.3. The van der Waals surface area contributed by atoms with Crippen molar-refractivity contribution in [1.29, 1.82) is 0 Å². The highest BCUT2D eigenvalue weighted by molar-refractivity contribution is 9.10. The second kappa shape index (κ2) is 12.2. The van der Waals surface area contributed by atoms with Crippen molar-refractivity contribution < 1.29 is 19.5 Å².